The van der Waals surface area contributed by atoms with Crippen molar-refractivity contribution >= 4 is 17.7 Å². The standard InChI is InChI=1S/C19H24F6N4O3/c1-2-27-16(30)6-12(9-28-18(32)8-19(23,24)25)29-17(31)5-11(26)3-10-4-14(21)15(22)7-13(10)20/h4,7,11-12H,2-3,5-6,8-9,26H2,1H3,(H,27,30)(H,28,32)(H,29,31)/t11-,12+/m1/s1. The van der Waals surface area contributed by atoms with Gasteiger partial charge >= 0.3 is 6.18 Å². The first-order valence-corrected chi connectivity index (χ1v) is 9.59. The maximum absolute atomic E-state index is 13.7. The van der Waals surface area contributed by atoms with Crippen molar-refractivity contribution in [3.05, 3.63) is 35.1 Å². The van der Waals surface area contributed by atoms with Gasteiger partial charge in [0, 0.05) is 38.0 Å². The Bertz CT molecular complexity index is 819. The Morgan fingerprint density at radius 2 is 1.56 bits per heavy atom. The number of rotatable bonds is 11. The lowest BCUT2D eigenvalue weighted by Crippen LogP contribution is -2.47. The molecule has 0 aliphatic heterocycles. The van der Waals surface area contributed by atoms with Crippen LogP contribution in [-0.2, 0) is 20.8 Å². The van der Waals surface area contributed by atoms with E-state index in [0.717, 1.165) is 0 Å². The van der Waals surface area contributed by atoms with Crippen LogP contribution in [0.4, 0.5) is 26.3 Å². The smallest absolute Gasteiger partial charge is 0.356 e. The van der Waals surface area contributed by atoms with Crippen LogP contribution in [0.2, 0.25) is 0 Å². The summed E-state index contributed by atoms with van der Waals surface area (Å²) in [6, 6.07) is -1.09. The van der Waals surface area contributed by atoms with Crippen LogP contribution in [0, 0.1) is 17.5 Å². The van der Waals surface area contributed by atoms with Gasteiger partial charge < -0.3 is 21.7 Å². The summed E-state index contributed by atoms with van der Waals surface area (Å²) in [5.41, 5.74) is 5.51. The van der Waals surface area contributed by atoms with Gasteiger partial charge in [0.05, 0.1) is 6.04 Å². The highest BCUT2D eigenvalue weighted by atomic mass is 19.4. The summed E-state index contributed by atoms with van der Waals surface area (Å²) in [5, 5.41) is 6.81. The fourth-order valence-corrected chi connectivity index (χ4v) is 2.75. The SMILES string of the molecule is CCNC(=O)C[C@@H](CNC(=O)CC(F)(F)F)NC(=O)C[C@H](N)Cc1cc(F)c(F)cc1F. The average Bonchev–Trinajstić information content (AvgIpc) is 2.62. The van der Waals surface area contributed by atoms with Gasteiger partial charge in [-0.05, 0) is 25.0 Å². The zero-order valence-electron chi connectivity index (χ0n) is 17.1. The second kappa shape index (κ2) is 12.3. The van der Waals surface area contributed by atoms with E-state index in [1.54, 1.807) is 6.92 Å². The van der Waals surface area contributed by atoms with Crippen molar-refractivity contribution in [3.8, 4) is 0 Å². The van der Waals surface area contributed by atoms with Crippen molar-refractivity contribution in [3.63, 3.8) is 0 Å². The van der Waals surface area contributed by atoms with E-state index in [9.17, 15) is 40.7 Å². The molecule has 7 nitrogen and oxygen atoms in total. The van der Waals surface area contributed by atoms with E-state index in [1.165, 1.54) is 0 Å². The summed E-state index contributed by atoms with van der Waals surface area (Å²) >= 11 is 0. The van der Waals surface area contributed by atoms with E-state index in [-0.39, 0.29) is 24.9 Å². The molecule has 0 saturated carbocycles. The Morgan fingerprint density at radius 1 is 0.938 bits per heavy atom. The van der Waals surface area contributed by atoms with Crippen molar-refractivity contribution in [2.24, 2.45) is 5.73 Å². The van der Waals surface area contributed by atoms with Crippen molar-refractivity contribution in [1.29, 1.82) is 0 Å². The number of hydrogen-bond acceptors (Lipinski definition) is 4. The van der Waals surface area contributed by atoms with Gasteiger partial charge in [0.1, 0.15) is 12.2 Å². The van der Waals surface area contributed by atoms with Crippen LogP contribution in [0.5, 0.6) is 0 Å². The molecule has 0 saturated heterocycles. The second-order valence-electron chi connectivity index (χ2n) is 7.04. The molecule has 2 atom stereocenters. The van der Waals surface area contributed by atoms with E-state index in [2.05, 4.69) is 10.6 Å². The third-order valence-electron chi connectivity index (χ3n) is 4.10. The molecule has 13 heteroatoms. The Kier molecular flexibility index (Phi) is 10.4. The maximum atomic E-state index is 13.7. The molecule has 0 aliphatic rings. The third-order valence-corrected chi connectivity index (χ3v) is 4.10. The average molecular weight is 470 g/mol. The topological polar surface area (TPSA) is 113 Å². The summed E-state index contributed by atoms with van der Waals surface area (Å²) in [4.78, 5) is 35.4. The Labute approximate surface area is 180 Å². The highest BCUT2D eigenvalue weighted by Gasteiger charge is 2.31. The minimum atomic E-state index is -4.72. The van der Waals surface area contributed by atoms with Crippen molar-refractivity contribution in [1.82, 2.24) is 16.0 Å². The molecule has 180 valence electrons. The molecule has 0 fully saturated rings. The van der Waals surface area contributed by atoms with E-state index >= 15 is 0 Å². The van der Waals surface area contributed by atoms with Gasteiger partial charge in [-0.1, -0.05) is 0 Å². The number of amides is 3. The van der Waals surface area contributed by atoms with Gasteiger partial charge in [0.25, 0.3) is 0 Å². The highest BCUT2D eigenvalue weighted by Crippen LogP contribution is 2.19. The van der Waals surface area contributed by atoms with Gasteiger partial charge in [-0.25, -0.2) is 13.2 Å². The van der Waals surface area contributed by atoms with Crippen LogP contribution >= 0.6 is 0 Å². The molecule has 5 N–H and O–H groups in total. The molecular weight excluding hydrogens is 446 g/mol. The first-order chi connectivity index (χ1) is 14.8. The Hall–Kier alpha value is -2.83. The first kappa shape index (κ1) is 27.2. The molecule has 0 aliphatic carbocycles. The van der Waals surface area contributed by atoms with Crippen LogP contribution in [0.25, 0.3) is 0 Å². The number of nitrogens with two attached hydrogens (primary N) is 1. The van der Waals surface area contributed by atoms with Crippen molar-refractivity contribution in [2.45, 2.75) is 50.9 Å². The van der Waals surface area contributed by atoms with Gasteiger partial charge in [-0.15, -0.1) is 0 Å². The van der Waals surface area contributed by atoms with E-state index in [0.29, 0.717) is 12.1 Å². The molecule has 1 aromatic carbocycles. The molecule has 0 aromatic heterocycles. The van der Waals surface area contributed by atoms with E-state index in [4.69, 9.17) is 5.73 Å². The number of carbonyl (C=O) groups is 3. The molecular formula is C19H24F6N4O3. The van der Waals surface area contributed by atoms with Crippen LogP contribution in [0.1, 0.15) is 31.7 Å². The fourth-order valence-electron chi connectivity index (χ4n) is 2.75. The monoisotopic (exact) mass is 470 g/mol. The molecule has 0 unspecified atom stereocenters. The first-order valence-electron chi connectivity index (χ1n) is 9.59. The predicted octanol–water partition coefficient (Wildman–Crippen LogP) is 1.44. The Morgan fingerprint density at radius 3 is 2.16 bits per heavy atom. The van der Waals surface area contributed by atoms with Crippen LogP contribution < -0.4 is 21.7 Å². The normalized spacial score (nSPS) is 13.2. The number of hydrogen-bond donors (Lipinski definition) is 4. The van der Waals surface area contributed by atoms with Gasteiger partial charge in [0.15, 0.2) is 11.6 Å². The minimum Gasteiger partial charge on any atom is -0.356 e. The summed E-state index contributed by atoms with van der Waals surface area (Å²) < 4.78 is 76.8. The summed E-state index contributed by atoms with van der Waals surface area (Å²) in [6.07, 6.45) is -7.50. The van der Waals surface area contributed by atoms with Crippen LogP contribution in [0.3, 0.4) is 0 Å². The fraction of sp³-hybridized carbons (Fsp3) is 0.526. The number of benzene rings is 1. The minimum absolute atomic E-state index is 0.248. The van der Waals surface area contributed by atoms with Crippen molar-refractivity contribution in [2.75, 3.05) is 13.1 Å². The highest BCUT2D eigenvalue weighted by molar-refractivity contribution is 5.81. The summed E-state index contributed by atoms with van der Waals surface area (Å²) in [6.45, 7) is 1.45. The molecule has 0 spiro atoms. The molecule has 32 heavy (non-hydrogen) atoms. The number of carbonyl (C=O) groups excluding carboxylic acids is 3. The van der Waals surface area contributed by atoms with Gasteiger partial charge in [-0.3, -0.25) is 14.4 Å². The number of alkyl halides is 3. The summed E-state index contributed by atoms with van der Waals surface area (Å²) in [7, 11) is 0. The van der Waals surface area contributed by atoms with Crippen LogP contribution in [0.15, 0.2) is 12.1 Å². The second-order valence-corrected chi connectivity index (χ2v) is 7.04. The lowest BCUT2D eigenvalue weighted by atomic mass is 10.0. The molecule has 1 rings (SSSR count). The lowest BCUT2D eigenvalue weighted by Gasteiger charge is -2.20. The molecule has 0 bridgehead atoms. The number of halogens is 6. The lowest BCUT2D eigenvalue weighted by molar-refractivity contribution is -0.154. The van der Waals surface area contributed by atoms with E-state index < -0.39 is 72.8 Å². The molecule has 1 aromatic rings. The van der Waals surface area contributed by atoms with Gasteiger partial charge in [-0.2, -0.15) is 13.2 Å². The van der Waals surface area contributed by atoms with Crippen LogP contribution in [-0.4, -0.2) is 49.1 Å². The molecule has 3 amide bonds. The van der Waals surface area contributed by atoms with Crippen molar-refractivity contribution < 1.29 is 40.7 Å². The largest absolute Gasteiger partial charge is 0.397 e. The quantitative estimate of drug-likeness (QED) is 0.290. The summed E-state index contributed by atoms with van der Waals surface area (Å²) in [5.74, 6) is -6.29. The number of nitrogens with one attached hydrogen (secondary N) is 3. The van der Waals surface area contributed by atoms with E-state index in [1.807, 2.05) is 5.32 Å². The van der Waals surface area contributed by atoms with Gasteiger partial charge in [0.2, 0.25) is 17.7 Å². The molecule has 0 heterocycles. The zero-order valence-corrected chi connectivity index (χ0v) is 17.1. The maximum Gasteiger partial charge on any atom is 0.397 e. The molecule has 0 radical (unpaired) electrons. The zero-order chi connectivity index (χ0) is 24.5. The third kappa shape index (κ3) is 10.5. The predicted molar refractivity (Wildman–Crippen MR) is 102 cm³/mol. The Balaban J connectivity index is 2.70.